The highest BCUT2D eigenvalue weighted by Crippen LogP contribution is 2.45. The summed E-state index contributed by atoms with van der Waals surface area (Å²) in [6.45, 7) is 13.5. The number of hydrogen-bond donors (Lipinski definition) is 0. The summed E-state index contributed by atoms with van der Waals surface area (Å²) < 4.78 is 22.5. The van der Waals surface area contributed by atoms with Crippen LogP contribution in [0.1, 0.15) is 27.7 Å². The number of rotatable bonds is 7. The Morgan fingerprint density at radius 1 is 0.600 bits per heavy atom. The number of nitrogens with zero attached hydrogens (tertiary/aromatic N) is 2. The van der Waals surface area contributed by atoms with E-state index in [0.29, 0.717) is 0 Å². The second-order valence-electron chi connectivity index (χ2n) is 7.16. The van der Waals surface area contributed by atoms with Gasteiger partial charge >= 0.3 is 0 Å². The van der Waals surface area contributed by atoms with Gasteiger partial charge in [0.1, 0.15) is 22.9 Å². The SMILES string of the molecule is CC1(N(CCN(C2(C)CO2)C2(C)CO2)C2(C)CO2)CO1. The smallest absolute Gasteiger partial charge is 0.145 e. The van der Waals surface area contributed by atoms with E-state index in [1.54, 1.807) is 0 Å². The Hall–Kier alpha value is -0.240. The average molecular weight is 284 g/mol. The van der Waals surface area contributed by atoms with E-state index in [-0.39, 0.29) is 22.9 Å². The number of hydrogen-bond acceptors (Lipinski definition) is 6. The third-order valence-electron chi connectivity index (χ3n) is 5.08. The van der Waals surface area contributed by atoms with E-state index in [1.165, 1.54) is 0 Å². The van der Waals surface area contributed by atoms with Gasteiger partial charge in [-0.25, -0.2) is 9.80 Å². The van der Waals surface area contributed by atoms with Gasteiger partial charge in [0, 0.05) is 13.1 Å². The standard InChI is InChI=1S/C14H24N2O4/c1-11(7-17-11)15(12(2)8-18-12)5-6-16(13(3)9-19-13)14(4)10-20-14/h5-10H2,1-4H3. The van der Waals surface area contributed by atoms with Crippen molar-refractivity contribution in [1.29, 1.82) is 0 Å². The molecule has 0 aromatic heterocycles. The van der Waals surface area contributed by atoms with E-state index in [2.05, 4.69) is 37.5 Å². The van der Waals surface area contributed by atoms with Crippen LogP contribution in [0.3, 0.4) is 0 Å². The molecular weight excluding hydrogens is 260 g/mol. The molecule has 0 aromatic carbocycles. The molecule has 0 N–H and O–H groups in total. The maximum atomic E-state index is 5.62. The van der Waals surface area contributed by atoms with Crippen molar-refractivity contribution in [2.45, 2.75) is 50.6 Å². The van der Waals surface area contributed by atoms with Crippen molar-refractivity contribution in [3.05, 3.63) is 0 Å². The van der Waals surface area contributed by atoms with Crippen LogP contribution in [0.5, 0.6) is 0 Å². The van der Waals surface area contributed by atoms with E-state index < -0.39 is 0 Å². The summed E-state index contributed by atoms with van der Waals surface area (Å²) in [5, 5.41) is 0. The Balaban J connectivity index is 1.45. The summed E-state index contributed by atoms with van der Waals surface area (Å²) in [6, 6.07) is 0. The van der Waals surface area contributed by atoms with Gasteiger partial charge in [-0.15, -0.1) is 0 Å². The lowest BCUT2D eigenvalue weighted by Crippen LogP contribution is -2.53. The zero-order chi connectivity index (χ0) is 14.2. The van der Waals surface area contributed by atoms with Gasteiger partial charge in [0.05, 0.1) is 26.4 Å². The molecule has 4 rings (SSSR count). The Bertz CT molecular complexity index is 349. The van der Waals surface area contributed by atoms with Crippen LogP contribution in [-0.2, 0) is 18.9 Å². The van der Waals surface area contributed by atoms with Gasteiger partial charge in [-0.05, 0) is 27.7 Å². The Morgan fingerprint density at radius 2 is 0.800 bits per heavy atom. The van der Waals surface area contributed by atoms with Crippen molar-refractivity contribution < 1.29 is 18.9 Å². The largest absolute Gasteiger partial charge is 0.354 e. The molecule has 0 radical (unpaired) electrons. The van der Waals surface area contributed by atoms with Gasteiger partial charge in [0.2, 0.25) is 0 Å². The molecule has 4 atom stereocenters. The third kappa shape index (κ3) is 2.10. The van der Waals surface area contributed by atoms with E-state index in [1.807, 2.05) is 0 Å². The van der Waals surface area contributed by atoms with Gasteiger partial charge in [-0.1, -0.05) is 0 Å². The molecule has 0 aromatic rings. The molecule has 0 spiro atoms. The molecule has 4 unspecified atom stereocenters. The van der Waals surface area contributed by atoms with Crippen LogP contribution < -0.4 is 0 Å². The molecule has 0 aliphatic carbocycles. The van der Waals surface area contributed by atoms with Crippen molar-refractivity contribution in [3.8, 4) is 0 Å². The third-order valence-corrected chi connectivity index (χ3v) is 5.08. The molecule has 0 bridgehead atoms. The van der Waals surface area contributed by atoms with Gasteiger partial charge in [0.15, 0.2) is 0 Å². The fourth-order valence-electron chi connectivity index (χ4n) is 3.19. The van der Waals surface area contributed by atoms with Crippen LogP contribution in [0.2, 0.25) is 0 Å². The normalized spacial score (nSPS) is 52.5. The van der Waals surface area contributed by atoms with E-state index in [9.17, 15) is 0 Å². The maximum absolute atomic E-state index is 5.62. The molecule has 6 nitrogen and oxygen atoms in total. The fraction of sp³-hybridized carbons (Fsp3) is 1.00. The highest BCUT2D eigenvalue weighted by Gasteiger charge is 2.61. The lowest BCUT2D eigenvalue weighted by molar-refractivity contribution is -0.0483. The van der Waals surface area contributed by atoms with Gasteiger partial charge in [-0.3, -0.25) is 0 Å². The fourth-order valence-corrected chi connectivity index (χ4v) is 3.19. The Kier molecular flexibility index (Phi) is 2.51. The zero-order valence-electron chi connectivity index (χ0n) is 12.8. The molecule has 114 valence electrons. The van der Waals surface area contributed by atoms with Crippen molar-refractivity contribution >= 4 is 0 Å². The Labute approximate surface area is 119 Å². The van der Waals surface area contributed by atoms with Crippen LogP contribution in [0.25, 0.3) is 0 Å². The van der Waals surface area contributed by atoms with Crippen molar-refractivity contribution in [2.24, 2.45) is 0 Å². The van der Waals surface area contributed by atoms with Crippen LogP contribution in [0, 0.1) is 0 Å². The number of ether oxygens (including phenoxy) is 4. The molecule has 20 heavy (non-hydrogen) atoms. The van der Waals surface area contributed by atoms with Crippen LogP contribution in [-0.4, -0.2) is 72.2 Å². The summed E-state index contributed by atoms with van der Waals surface area (Å²) in [5.41, 5.74) is -0.637. The van der Waals surface area contributed by atoms with Gasteiger partial charge in [0.25, 0.3) is 0 Å². The van der Waals surface area contributed by atoms with Crippen LogP contribution in [0.4, 0.5) is 0 Å². The summed E-state index contributed by atoms with van der Waals surface area (Å²) >= 11 is 0. The zero-order valence-corrected chi connectivity index (χ0v) is 12.8. The molecular formula is C14H24N2O4. The molecule has 4 heterocycles. The highest BCUT2D eigenvalue weighted by atomic mass is 16.7. The predicted octanol–water partition coefficient (Wildman–Crippen LogP) is 0.576. The molecule has 4 aliphatic heterocycles. The summed E-state index contributed by atoms with van der Waals surface area (Å²) in [6.07, 6.45) is 0. The topological polar surface area (TPSA) is 56.6 Å². The van der Waals surface area contributed by atoms with Crippen molar-refractivity contribution in [3.63, 3.8) is 0 Å². The average Bonchev–Trinajstić information content (AvgIpc) is 3.14. The minimum Gasteiger partial charge on any atom is -0.354 e. The van der Waals surface area contributed by atoms with E-state index >= 15 is 0 Å². The first-order valence-electron chi connectivity index (χ1n) is 7.41. The minimum atomic E-state index is -0.159. The first kappa shape index (κ1) is 13.4. The highest BCUT2D eigenvalue weighted by molar-refractivity contribution is 5.03. The molecule has 0 saturated carbocycles. The lowest BCUT2D eigenvalue weighted by atomic mass is 10.2. The van der Waals surface area contributed by atoms with E-state index in [4.69, 9.17) is 18.9 Å². The molecule has 4 fully saturated rings. The van der Waals surface area contributed by atoms with E-state index in [0.717, 1.165) is 39.5 Å². The summed E-state index contributed by atoms with van der Waals surface area (Å²) in [7, 11) is 0. The second-order valence-corrected chi connectivity index (χ2v) is 7.16. The van der Waals surface area contributed by atoms with Crippen LogP contribution in [0.15, 0.2) is 0 Å². The van der Waals surface area contributed by atoms with Gasteiger partial charge < -0.3 is 18.9 Å². The second kappa shape index (κ2) is 3.74. The monoisotopic (exact) mass is 284 g/mol. The number of epoxide rings is 4. The quantitative estimate of drug-likeness (QED) is 0.637. The maximum Gasteiger partial charge on any atom is 0.145 e. The molecule has 6 heteroatoms. The van der Waals surface area contributed by atoms with Gasteiger partial charge in [-0.2, -0.15) is 0 Å². The predicted molar refractivity (Wildman–Crippen MR) is 70.8 cm³/mol. The first-order valence-corrected chi connectivity index (χ1v) is 7.41. The molecule has 4 aliphatic rings. The lowest BCUT2D eigenvalue weighted by Gasteiger charge is -2.35. The summed E-state index contributed by atoms with van der Waals surface area (Å²) in [4.78, 5) is 4.68. The first-order chi connectivity index (χ1) is 9.30. The molecule has 0 amide bonds. The van der Waals surface area contributed by atoms with Crippen LogP contribution >= 0.6 is 0 Å². The minimum absolute atomic E-state index is 0.159. The molecule has 4 saturated heterocycles. The summed E-state index contributed by atoms with van der Waals surface area (Å²) in [5.74, 6) is 0. The van der Waals surface area contributed by atoms with Crippen molar-refractivity contribution in [2.75, 3.05) is 39.5 Å². The Morgan fingerprint density at radius 3 is 0.950 bits per heavy atom. The van der Waals surface area contributed by atoms with Crippen molar-refractivity contribution in [1.82, 2.24) is 9.80 Å².